The second-order valence-electron chi connectivity index (χ2n) is 4.77. The third-order valence-corrected chi connectivity index (χ3v) is 1.89. The van der Waals surface area contributed by atoms with Crippen LogP contribution < -0.4 is 5.32 Å². The van der Waals surface area contributed by atoms with Gasteiger partial charge in [0.05, 0.1) is 0 Å². The Balaban J connectivity index is 0.000000265. The van der Waals surface area contributed by atoms with Crippen molar-refractivity contribution in [2.75, 3.05) is 6.54 Å². The van der Waals surface area contributed by atoms with Crippen LogP contribution in [0.1, 0.15) is 40.5 Å². The Morgan fingerprint density at radius 3 is 2.27 bits per heavy atom. The molecule has 1 heterocycles. The Bertz CT molecular complexity index is 208. The molecule has 1 N–H and O–H groups in total. The molecule has 4 heteroatoms. The second-order valence-corrected chi connectivity index (χ2v) is 4.77. The van der Waals surface area contributed by atoms with Gasteiger partial charge in [-0.15, -0.1) is 0 Å². The molecule has 0 aliphatic carbocycles. The van der Waals surface area contributed by atoms with Gasteiger partial charge < -0.3 is 10.1 Å². The Morgan fingerprint density at radius 2 is 2.07 bits per heavy atom. The van der Waals surface area contributed by atoms with Crippen molar-refractivity contribution in [3.8, 4) is 0 Å². The molecule has 1 aliphatic heterocycles. The van der Waals surface area contributed by atoms with Gasteiger partial charge in [0.15, 0.2) is 0 Å². The lowest BCUT2D eigenvalue weighted by Crippen LogP contribution is -2.32. The lowest BCUT2D eigenvalue weighted by atomic mass is 10.0. The van der Waals surface area contributed by atoms with Crippen molar-refractivity contribution in [3.05, 3.63) is 0 Å². The summed E-state index contributed by atoms with van der Waals surface area (Å²) >= 11 is 0. The van der Waals surface area contributed by atoms with Crippen LogP contribution in [0.2, 0.25) is 0 Å². The zero-order valence-corrected chi connectivity index (χ0v) is 10.0. The summed E-state index contributed by atoms with van der Waals surface area (Å²) in [7, 11) is 0. The predicted molar refractivity (Wildman–Crippen MR) is 58.3 cm³/mol. The van der Waals surface area contributed by atoms with Gasteiger partial charge in [-0.05, 0) is 33.1 Å². The summed E-state index contributed by atoms with van der Waals surface area (Å²) in [4.78, 5) is 20.2. The van der Waals surface area contributed by atoms with Gasteiger partial charge in [0.2, 0.25) is 5.91 Å². The number of hydrogen-bond acceptors (Lipinski definition) is 3. The van der Waals surface area contributed by atoms with Gasteiger partial charge in [-0.3, -0.25) is 9.59 Å². The highest BCUT2D eigenvalue weighted by atomic mass is 16.5. The summed E-state index contributed by atoms with van der Waals surface area (Å²) in [6.45, 7) is 8.91. The summed E-state index contributed by atoms with van der Waals surface area (Å²) in [5, 5.41) is 2.77. The van der Waals surface area contributed by atoms with Crippen LogP contribution in [-0.4, -0.2) is 24.5 Å². The normalized spacial score (nSPS) is 20.8. The first kappa shape index (κ1) is 13.9. The fourth-order valence-corrected chi connectivity index (χ4v) is 1.09. The average molecular weight is 215 g/mol. The Hall–Kier alpha value is -1.06. The van der Waals surface area contributed by atoms with Crippen LogP contribution in [-0.2, 0) is 14.3 Å². The standard InChI is InChI=1S/C6H11NO.C5H10O2/c1-5-2-3-7-6(8)4-5;1-5(2,3)7-4-6/h5H,2-4H2,1H3,(H,7,8);4H,1-3H3. The van der Waals surface area contributed by atoms with Gasteiger partial charge >= 0.3 is 0 Å². The van der Waals surface area contributed by atoms with E-state index >= 15 is 0 Å². The zero-order chi connectivity index (χ0) is 11.9. The number of rotatable bonds is 1. The molecule has 88 valence electrons. The van der Waals surface area contributed by atoms with E-state index < -0.39 is 0 Å². The molecule has 1 aliphatic rings. The quantitative estimate of drug-likeness (QED) is 0.674. The van der Waals surface area contributed by atoms with Crippen LogP contribution in [0.15, 0.2) is 0 Å². The molecular formula is C11H21NO3. The van der Waals surface area contributed by atoms with Crippen molar-refractivity contribution in [1.29, 1.82) is 0 Å². The number of amides is 1. The largest absolute Gasteiger partial charge is 0.462 e. The Labute approximate surface area is 91.4 Å². The third-order valence-electron chi connectivity index (χ3n) is 1.89. The summed E-state index contributed by atoms with van der Waals surface area (Å²) in [5.74, 6) is 0.812. The first-order valence-electron chi connectivity index (χ1n) is 5.23. The lowest BCUT2D eigenvalue weighted by molar-refractivity contribution is -0.138. The Kier molecular flexibility index (Phi) is 5.97. The van der Waals surface area contributed by atoms with E-state index in [1.165, 1.54) is 0 Å². The summed E-state index contributed by atoms with van der Waals surface area (Å²) < 4.78 is 4.55. The Morgan fingerprint density at radius 1 is 1.47 bits per heavy atom. The molecular weight excluding hydrogens is 194 g/mol. The van der Waals surface area contributed by atoms with Gasteiger partial charge in [-0.25, -0.2) is 0 Å². The number of carbonyl (C=O) groups excluding carboxylic acids is 2. The maximum absolute atomic E-state index is 10.6. The fourth-order valence-electron chi connectivity index (χ4n) is 1.09. The van der Waals surface area contributed by atoms with E-state index in [9.17, 15) is 9.59 Å². The molecule has 1 amide bonds. The van der Waals surface area contributed by atoms with Gasteiger partial charge in [0.1, 0.15) is 5.60 Å². The molecule has 0 aromatic heterocycles. The molecule has 0 saturated carbocycles. The molecule has 1 atom stereocenters. The SMILES string of the molecule is CC(C)(C)OC=O.CC1CCNC(=O)C1. The highest BCUT2D eigenvalue weighted by Gasteiger charge is 2.13. The van der Waals surface area contributed by atoms with Crippen LogP contribution in [0.3, 0.4) is 0 Å². The van der Waals surface area contributed by atoms with Crippen LogP contribution in [0.5, 0.6) is 0 Å². The van der Waals surface area contributed by atoms with Gasteiger partial charge in [-0.1, -0.05) is 6.92 Å². The predicted octanol–water partition coefficient (Wildman–Crippen LogP) is 1.49. The van der Waals surface area contributed by atoms with Gasteiger partial charge in [-0.2, -0.15) is 0 Å². The maximum Gasteiger partial charge on any atom is 0.293 e. The van der Waals surface area contributed by atoms with E-state index in [0.29, 0.717) is 12.4 Å². The number of piperidine rings is 1. The topological polar surface area (TPSA) is 55.4 Å². The zero-order valence-electron chi connectivity index (χ0n) is 10.0. The minimum Gasteiger partial charge on any atom is -0.462 e. The molecule has 0 spiro atoms. The van der Waals surface area contributed by atoms with E-state index in [2.05, 4.69) is 17.0 Å². The van der Waals surface area contributed by atoms with Gasteiger partial charge in [0, 0.05) is 13.0 Å². The highest BCUT2D eigenvalue weighted by Crippen LogP contribution is 2.09. The minimum absolute atomic E-state index is 0.212. The molecule has 0 radical (unpaired) electrons. The molecule has 0 aromatic rings. The molecule has 0 bridgehead atoms. The van der Waals surface area contributed by atoms with Crippen LogP contribution in [0.25, 0.3) is 0 Å². The van der Waals surface area contributed by atoms with Crippen molar-refractivity contribution in [2.45, 2.75) is 46.1 Å². The smallest absolute Gasteiger partial charge is 0.293 e. The number of nitrogens with one attached hydrogen (secondary N) is 1. The minimum atomic E-state index is -0.318. The first-order valence-corrected chi connectivity index (χ1v) is 5.23. The van der Waals surface area contributed by atoms with E-state index in [1.807, 2.05) is 20.8 Å². The van der Waals surface area contributed by atoms with Crippen LogP contribution in [0.4, 0.5) is 0 Å². The highest BCUT2D eigenvalue weighted by molar-refractivity contribution is 5.76. The van der Waals surface area contributed by atoms with Gasteiger partial charge in [0.25, 0.3) is 6.47 Å². The van der Waals surface area contributed by atoms with Crippen molar-refractivity contribution in [3.63, 3.8) is 0 Å². The molecule has 1 fully saturated rings. The number of carbonyl (C=O) groups is 2. The van der Waals surface area contributed by atoms with E-state index in [1.54, 1.807) is 0 Å². The van der Waals surface area contributed by atoms with Crippen LogP contribution in [0, 0.1) is 5.92 Å². The second kappa shape index (κ2) is 6.43. The lowest BCUT2D eigenvalue weighted by Gasteiger charge is -2.16. The molecule has 15 heavy (non-hydrogen) atoms. The average Bonchev–Trinajstić information content (AvgIpc) is 2.01. The number of hydrogen-bond donors (Lipinski definition) is 1. The van der Waals surface area contributed by atoms with Crippen molar-refractivity contribution < 1.29 is 14.3 Å². The summed E-state index contributed by atoms with van der Waals surface area (Å²) in [6, 6.07) is 0. The third kappa shape index (κ3) is 9.25. The first-order chi connectivity index (χ1) is 6.85. The van der Waals surface area contributed by atoms with E-state index in [4.69, 9.17) is 0 Å². The fraction of sp³-hybridized carbons (Fsp3) is 0.818. The monoisotopic (exact) mass is 215 g/mol. The molecule has 4 nitrogen and oxygen atoms in total. The van der Waals surface area contributed by atoms with E-state index in [0.717, 1.165) is 19.4 Å². The maximum atomic E-state index is 10.6. The number of ether oxygens (including phenoxy) is 1. The van der Waals surface area contributed by atoms with Crippen LogP contribution >= 0.6 is 0 Å². The molecule has 1 unspecified atom stereocenters. The van der Waals surface area contributed by atoms with Crippen molar-refractivity contribution >= 4 is 12.4 Å². The van der Waals surface area contributed by atoms with Crippen molar-refractivity contribution in [2.24, 2.45) is 5.92 Å². The summed E-state index contributed by atoms with van der Waals surface area (Å²) in [6.07, 6.45) is 1.87. The molecule has 1 rings (SSSR count). The molecule has 1 saturated heterocycles. The van der Waals surface area contributed by atoms with E-state index in [-0.39, 0.29) is 11.5 Å². The molecule has 0 aromatic carbocycles. The summed E-state index contributed by atoms with van der Waals surface area (Å²) in [5.41, 5.74) is -0.318. The van der Waals surface area contributed by atoms with Crippen molar-refractivity contribution in [1.82, 2.24) is 5.32 Å².